The number of anilines is 1. The van der Waals surface area contributed by atoms with E-state index in [4.69, 9.17) is 16.3 Å². The lowest BCUT2D eigenvalue weighted by Gasteiger charge is -2.46. The van der Waals surface area contributed by atoms with Crippen molar-refractivity contribution in [3.8, 4) is 0 Å². The molecule has 4 aromatic rings. The Hall–Kier alpha value is -3.86. The van der Waals surface area contributed by atoms with Gasteiger partial charge in [0.05, 0.1) is 7.11 Å². The molecule has 174 valence electrons. The van der Waals surface area contributed by atoms with Gasteiger partial charge < -0.3 is 14.7 Å². The normalized spacial score (nSPS) is 16.6. The number of aliphatic hydroxyl groups is 1. The molecule has 0 saturated carbocycles. The van der Waals surface area contributed by atoms with Crippen molar-refractivity contribution in [1.82, 2.24) is 0 Å². The number of rotatable bonds is 5. The summed E-state index contributed by atoms with van der Waals surface area (Å²) >= 11 is 6.43. The number of halogens is 1. The molecule has 0 aromatic heterocycles. The number of methoxy groups -OCH3 is 1. The zero-order valence-electron chi connectivity index (χ0n) is 19.1. The van der Waals surface area contributed by atoms with Crippen LogP contribution in [0.15, 0.2) is 109 Å². The van der Waals surface area contributed by atoms with E-state index < -0.39 is 17.6 Å². The van der Waals surface area contributed by atoms with Crippen molar-refractivity contribution in [2.45, 2.75) is 11.6 Å². The molecule has 0 saturated heterocycles. The summed E-state index contributed by atoms with van der Waals surface area (Å²) in [7, 11) is 1.29. The third-order valence-electron chi connectivity index (χ3n) is 6.36. The van der Waals surface area contributed by atoms with Crippen LogP contribution in [-0.4, -0.2) is 18.2 Å². The molecule has 1 N–H and O–H groups in total. The Kier molecular flexibility index (Phi) is 6.16. The van der Waals surface area contributed by atoms with E-state index in [0.717, 1.165) is 28.1 Å². The van der Waals surface area contributed by atoms with E-state index >= 15 is 0 Å². The number of esters is 1. The molecule has 2 unspecified atom stereocenters. The Morgan fingerprint density at radius 1 is 0.886 bits per heavy atom. The number of ether oxygens (including phenoxy) is 1. The number of hydrogen-bond acceptors (Lipinski definition) is 4. The predicted molar refractivity (Wildman–Crippen MR) is 140 cm³/mol. The van der Waals surface area contributed by atoms with Crippen LogP contribution >= 0.6 is 11.6 Å². The number of carbonyl (C=O) groups is 1. The number of carbonyl (C=O) groups excluding carboxylic acids is 1. The molecule has 1 aliphatic heterocycles. The van der Waals surface area contributed by atoms with Crippen molar-refractivity contribution >= 4 is 35.0 Å². The summed E-state index contributed by atoms with van der Waals surface area (Å²) in [5.74, 6) is -0.746. The lowest BCUT2D eigenvalue weighted by Crippen LogP contribution is -2.50. The minimum absolute atomic E-state index is 0.438. The molecule has 4 aromatic carbocycles. The first-order valence-corrected chi connectivity index (χ1v) is 11.7. The minimum Gasteiger partial charge on any atom is -0.467 e. The van der Waals surface area contributed by atoms with Gasteiger partial charge in [-0.2, -0.15) is 0 Å². The van der Waals surface area contributed by atoms with Crippen LogP contribution in [0.4, 0.5) is 5.69 Å². The van der Waals surface area contributed by atoms with Gasteiger partial charge in [0, 0.05) is 16.4 Å². The highest BCUT2D eigenvalue weighted by molar-refractivity contribution is 6.30. The molecule has 0 bridgehead atoms. The first-order chi connectivity index (χ1) is 17.0. The van der Waals surface area contributed by atoms with Crippen LogP contribution in [0, 0.1) is 0 Å². The first kappa shape index (κ1) is 22.9. The fourth-order valence-corrected chi connectivity index (χ4v) is 4.96. The molecule has 35 heavy (non-hydrogen) atoms. The third kappa shape index (κ3) is 4.01. The Bertz CT molecular complexity index is 1390. The SMILES string of the molecule is COC(=O)C(O)(c1ccccc1)C1c2ccccc2C=C(c2ccccc2)N1c1cccc(Cl)c1. The van der Waals surface area contributed by atoms with Crippen molar-refractivity contribution in [2.24, 2.45) is 0 Å². The lowest BCUT2D eigenvalue weighted by atomic mass is 9.77. The van der Waals surface area contributed by atoms with Gasteiger partial charge in [-0.3, -0.25) is 0 Å². The van der Waals surface area contributed by atoms with E-state index in [0.29, 0.717) is 10.6 Å². The maximum atomic E-state index is 13.5. The van der Waals surface area contributed by atoms with E-state index in [1.165, 1.54) is 7.11 Å². The Balaban J connectivity index is 1.86. The molecule has 5 heteroatoms. The van der Waals surface area contributed by atoms with Gasteiger partial charge in [0.2, 0.25) is 5.60 Å². The lowest BCUT2D eigenvalue weighted by molar-refractivity contribution is -0.166. The van der Waals surface area contributed by atoms with Gasteiger partial charge in [-0.1, -0.05) is 103 Å². The predicted octanol–water partition coefficient (Wildman–Crippen LogP) is 6.46. The molecule has 0 aliphatic carbocycles. The maximum absolute atomic E-state index is 13.5. The summed E-state index contributed by atoms with van der Waals surface area (Å²) in [4.78, 5) is 15.5. The van der Waals surface area contributed by atoms with Crippen LogP contribution in [-0.2, 0) is 15.1 Å². The van der Waals surface area contributed by atoms with E-state index in [2.05, 4.69) is 6.08 Å². The summed E-state index contributed by atoms with van der Waals surface area (Å²) in [6, 6.07) is 33.2. The van der Waals surface area contributed by atoms with Gasteiger partial charge >= 0.3 is 5.97 Å². The second-order valence-electron chi connectivity index (χ2n) is 8.40. The van der Waals surface area contributed by atoms with Crippen LogP contribution in [0.25, 0.3) is 11.8 Å². The summed E-state index contributed by atoms with van der Waals surface area (Å²) in [6.45, 7) is 0. The van der Waals surface area contributed by atoms with E-state index in [1.54, 1.807) is 30.3 Å². The van der Waals surface area contributed by atoms with Crippen molar-refractivity contribution in [3.63, 3.8) is 0 Å². The van der Waals surface area contributed by atoms with E-state index in [9.17, 15) is 9.90 Å². The summed E-state index contributed by atoms with van der Waals surface area (Å²) in [6.07, 6.45) is 2.07. The fourth-order valence-electron chi connectivity index (χ4n) is 4.78. The minimum atomic E-state index is -2.03. The van der Waals surface area contributed by atoms with Crippen molar-refractivity contribution in [3.05, 3.63) is 136 Å². The quantitative estimate of drug-likeness (QED) is 0.332. The standard InChI is InChI=1S/C30H24ClNO3/c1-35-29(33)30(34,23-14-6-3-7-15-23)28-26-18-9-8-13-22(26)19-27(21-11-4-2-5-12-21)32(28)25-17-10-16-24(31)20-25/h2-20,28,34H,1H3. The molecular weight excluding hydrogens is 458 g/mol. The average molecular weight is 482 g/mol. The van der Waals surface area contributed by atoms with E-state index in [1.807, 2.05) is 83.8 Å². The second kappa shape index (κ2) is 9.41. The summed E-state index contributed by atoms with van der Waals surface area (Å²) in [5.41, 5.74) is 2.63. The van der Waals surface area contributed by atoms with Crippen LogP contribution in [0.2, 0.25) is 5.02 Å². The molecule has 1 heterocycles. The summed E-state index contributed by atoms with van der Waals surface area (Å²) in [5, 5.41) is 13.0. The highest BCUT2D eigenvalue weighted by Crippen LogP contribution is 2.50. The summed E-state index contributed by atoms with van der Waals surface area (Å²) < 4.78 is 5.23. The number of benzene rings is 4. The van der Waals surface area contributed by atoms with E-state index in [-0.39, 0.29) is 0 Å². The zero-order valence-corrected chi connectivity index (χ0v) is 19.9. The maximum Gasteiger partial charge on any atom is 0.345 e. The molecule has 0 spiro atoms. The highest BCUT2D eigenvalue weighted by Gasteiger charge is 2.53. The van der Waals surface area contributed by atoms with Gasteiger partial charge in [0.25, 0.3) is 0 Å². The third-order valence-corrected chi connectivity index (χ3v) is 6.60. The van der Waals surface area contributed by atoms with Crippen LogP contribution in [0.5, 0.6) is 0 Å². The second-order valence-corrected chi connectivity index (χ2v) is 8.84. The Morgan fingerprint density at radius 3 is 2.23 bits per heavy atom. The average Bonchev–Trinajstić information content (AvgIpc) is 2.92. The molecule has 4 nitrogen and oxygen atoms in total. The monoisotopic (exact) mass is 481 g/mol. The Labute approximate surface area is 209 Å². The van der Waals surface area contributed by atoms with Gasteiger partial charge in [-0.25, -0.2) is 4.79 Å². The molecule has 1 aliphatic rings. The molecule has 0 radical (unpaired) electrons. The van der Waals surface area contributed by atoms with Crippen molar-refractivity contribution in [2.75, 3.05) is 12.0 Å². The molecule has 0 fully saturated rings. The van der Waals surface area contributed by atoms with Gasteiger partial charge in [-0.15, -0.1) is 0 Å². The number of fused-ring (bicyclic) bond motifs is 1. The largest absolute Gasteiger partial charge is 0.467 e. The van der Waals surface area contributed by atoms with Gasteiger partial charge in [0.1, 0.15) is 6.04 Å². The number of hydrogen-bond donors (Lipinski definition) is 1. The Morgan fingerprint density at radius 2 is 1.54 bits per heavy atom. The van der Waals surface area contributed by atoms with Crippen LogP contribution in [0.1, 0.15) is 28.3 Å². The van der Waals surface area contributed by atoms with Crippen LogP contribution in [0.3, 0.4) is 0 Å². The molecule has 2 atom stereocenters. The molecular formula is C30H24ClNO3. The number of nitrogens with zero attached hydrogens (tertiary/aromatic N) is 1. The molecule has 0 amide bonds. The smallest absolute Gasteiger partial charge is 0.345 e. The van der Waals surface area contributed by atoms with Gasteiger partial charge in [-0.05, 0) is 46.5 Å². The topological polar surface area (TPSA) is 49.8 Å². The van der Waals surface area contributed by atoms with Crippen molar-refractivity contribution in [1.29, 1.82) is 0 Å². The highest BCUT2D eigenvalue weighted by atomic mass is 35.5. The van der Waals surface area contributed by atoms with Gasteiger partial charge in [0.15, 0.2) is 0 Å². The first-order valence-electron chi connectivity index (χ1n) is 11.3. The zero-order chi connectivity index (χ0) is 24.4. The van der Waals surface area contributed by atoms with Crippen LogP contribution < -0.4 is 4.90 Å². The molecule has 5 rings (SSSR count). The van der Waals surface area contributed by atoms with Crippen molar-refractivity contribution < 1.29 is 14.6 Å². The fraction of sp³-hybridized carbons (Fsp3) is 0.100.